The average molecular weight is 250 g/mol. The molecule has 2 unspecified atom stereocenters. The molecular formula is C13H22N4O. The molecule has 2 saturated heterocycles. The molecule has 2 aliphatic heterocycles. The zero-order chi connectivity index (χ0) is 12.5. The highest BCUT2D eigenvalue weighted by molar-refractivity contribution is 4.93. The summed E-state index contributed by atoms with van der Waals surface area (Å²) in [5.74, 6) is 3.61. The molecule has 100 valence electrons. The first-order chi connectivity index (χ1) is 8.72. The van der Waals surface area contributed by atoms with Gasteiger partial charge in [0.05, 0.1) is 6.54 Å². The molecule has 2 fully saturated rings. The van der Waals surface area contributed by atoms with Gasteiger partial charge in [-0.2, -0.15) is 4.98 Å². The van der Waals surface area contributed by atoms with Crippen LogP contribution < -0.4 is 5.32 Å². The van der Waals surface area contributed by atoms with Crippen LogP contribution in [0.25, 0.3) is 0 Å². The molecule has 0 amide bonds. The van der Waals surface area contributed by atoms with Gasteiger partial charge in [0.15, 0.2) is 5.82 Å². The summed E-state index contributed by atoms with van der Waals surface area (Å²) in [4.78, 5) is 6.92. The Morgan fingerprint density at radius 2 is 2.22 bits per heavy atom. The van der Waals surface area contributed by atoms with E-state index in [1.807, 2.05) is 0 Å². The molecule has 3 rings (SSSR count). The van der Waals surface area contributed by atoms with Crippen LogP contribution in [0.3, 0.4) is 0 Å². The van der Waals surface area contributed by atoms with Gasteiger partial charge in [0.1, 0.15) is 0 Å². The van der Waals surface area contributed by atoms with Gasteiger partial charge in [0.2, 0.25) is 5.89 Å². The maximum Gasteiger partial charge on any atom is 0.229 e. The van der Waals surface area contributed by atoms with E-state index >= 15 is 0 Å². The van der Waals surface area contributed by atoms with E-state index in [9.17, 15) is 0 Å². The minimum Gasteiger partial charge on any atom is -0.339 e. The first kappa shape index (κ1) is 12.1. The van der Waals surface area contributed by atoms with E-state index in [1.165, 1.54) is 26.1 Å². The minimum absolute atomic E-state index is 0.316. The Labute approximate surface area is 108 Å². The van der Waals surface area contributed by atoms with Gasteiger partial charge in [-0.1, -0.05) is 19.0 Å². The van der Waals surface area contributed by atoms with Crippen LogP contribution in [0.5, 0.6) is 0 Å². The van der Waals surface area contributed by atoms with Gasteiger partial charge in [-0.15, -0.1) is 0 Å². The summed E-state index contributed by atoms with van der Waals surface area (Å²) in [7, 11) is 0. The summed E-state index contributed by atoms with van der Waals surface area (Å²) in [5, 5.41) is 7.56. The highest BCUT2D eigenvalue weighted by Gasteiger charge is 2.33. The second-order valence-electron chi connectivity index (χ2n) is 5.91. The SMILES string of the molecule is CC(C)c1nc(CN2CCC3CNCC3C2)no1. The molecule has 2 aliphatic rings. The number of nitrogens with zero attached hydrogens (tertiary/aromatic N) is 3. The highest BCUT2D eigenvalue weighted by Crippen LogP contribution is 2.27. The molecule has 5 nitrogen and oxygen atoms in total. The Balaban J connectivity index is 1.59. The molecular weight excluding hydrogens is 228 g/mol. The first-order valence-corrected chi connectivity index (χ1v) is 6.98. The van der Waals surface area contributed by atoms with Crippen LogP contribution in [0, 0.1) is 11.8 Å². The zero-order valence-corrected chi connectivity index (χ0v) is 11.2. The monoisotopic (exact) mass is 250 g/mol. The van der Waals surface area contributed by atoms with Gasteiger partial charge in [0.25, 0.3) is 0 Å². The topological polar surface area (TPSA) is 54.2 Å². The lowest BCUT2D eigenvalue weighted by Crippen LogP contribution is -2.39. The normalized spacial score (nSPS) is 28.8. The fourth-order valence-corrected chi connectivity index (χ4v) is 3.02. The Bertz CT molecular complexity index is 403. The number of fused-ring (bicyclic) bond motifs is 1. The lowest BCUT2D eigenvalue weighted by molar-refractivity contribution is 0.138. The van der Waals surface area contributed by atoms with Crippen molar-refractivity contribution in [2.45, 2.75) is 32.7 Å². The van der Waals surface area contributed by atoms with Gasteiger partial charge in [-0.25, -0.2) is 0 Å². The third-order valence-electron chi connectivity index (χ3n) is 4.13. The Hall–Kier alpha value is -0.940. The molecule has 3 heterocycles. The minimum atomic E-state index is 0.316. The van der Waals surface area contributed by atoms with Crippen LogP contribution in [0.15, 0.2) is 4.52 Å². The second kappa shape index (κ2) is 4.97. The van der Waals surface area contributed by atoms with Crippen LogP contribution in [0.1, 0.15) is 37.9 Å². The molecule has 5 heteroatoms. The lowest BCUT2D eigenvalue weighted by atomic mass is 9.89. The predicted octanol–water partition coefficient (Wildman–Crippen LogP) is 1.23. The van der Waals surface area contributed by atoms with E-state index < -0.39 is 0 Å². The third-order valence-corrected chi connectivity index (χ3v) is 4.13. The number of rotatable bonds is 3. The maximum absolute atomic E-state index is 5.25. The summed E-state index contributed by atoms with van der Waals surface area (Å²) in [6, 6.07) is 0. The Kier molecular flexibility index (Phi) is 3.35. The molecule has 0 radical (unpaired) electrons. The highest BCUT2D eigenvalue weighted by atomic mass is 16.5. The summed E-state index contributed by atoms with van der Waals surface area (Å²) in [6.07, 6.45) is 1.30. The number of nitrogens with one attached hydrogen (secondary N) is 1. The van der Waals surface area contributed by atoms with E-state index in [4.69, 9.17) is 4.52 Å². The van der Waals surface area contributed by atoms with Gasteiger partial charge in [0, 0.05) is 12.5 Å². The largest absolute Gasteiger partial charge is 0.339 e. The van der Waals surface area contributed by atoms with Gasteiger partial charge >= 0.3 is 0 Å². The first-order valence-electron chi connectivity index (χ1n) is 6.98. The molecule has 0 aromatic carbocycles. The molecule has 0 bridgehead atoms. The number of likely N-dealkylation sites (tertiary alicyclic amines) is 1. The van der Waals surface area contributed by atoms with Gasteiger partial charge < -0.3 is 9.84 Å². The van der Waals surface area contributed by atoms with Crippen molar-refractivity contribution in [3.05, 3.63) is 11.7 Å². The van der Waals surface area contributed by atoms with Crippen molar-refractivity contribution in [3.8, 4) is 0 Å². The fraction of sp³-hybridized carbons (Fsp3) is 0.846. The standard InChI is InChI=1S/C13H22N4O/c1-9(2)13-15-12(16-18-13)8-17-4-3-10-5-14-6-11(10)7-17/h9-11,14H,3-8H2,1-2H3. The van der Waals surface area contributed by atoms with Gasteiger partial charge in [-0.3, -0.25) is 4.90 Å². The van der Waals surface area contributed by atoms with E-state index in [0.29, 0.717) is 5.92 Å². The van der Waals surface area contributed by atoms with Crippen LogP contribution >= 0.6 is 0 Å². The van der Waals surface area contributed by atoms with Crippen molar-refractivity contribution in [3.63, 3.8) is 0 Å². The smallest absolute Gasteiger partial charge is 0.229 e. The van der Waals surface area contributed by atoms with Crippen molar-refractivity contribution >= 4 is 0 Å². The summed E-state index contributed by atoms with van der Waals surface area (Å²) >= 11 is 0. The summed E-state index contributed by atoms with van der Waals surface area (Å²) in [5.41, 5.74) is 0. The number of hydrogen-bond acceptors (Lipinski definition) is 5. The Morgan fingerprint density at radius 3 is 3.00 bits per heavy atom. The van der Waals surface area contributed by atoms with Crippen molar-refractivity contribution in [1.82, 2.24) is 20.4 Å². The summed E-state index contributed by atoms with van der Waals surface area (Å²) < 4.78 is 5.25. The van der Waals surface area contributed by atoms with Crippen molar-refractivity contribution in [2.24, 2.45) is 11.8 Å². The molecule has 1 N–H and O–H groups in total. The number of aromatic nitrogens is 2. The fourth-order valence-electron chi connectivity index (χ4n) is 3.02. The van der Waals surface area contributed by atoms with E-state index in [1.54, 1.807) is 0 Å². The second-order valence-corrected chi connectivity index (χ2v) is 5.91. The van der Waals surface area contributed by atoms with Crippen molar-refractivity contribution < 1.29 is 4.52 Å². The molecule has 18 heavy (non-hydrogen) atoms. The Morgan fingerprint density at radius 1 is 1.39 bits per heavy atom. The lowest BCUT2D eigenvalue weighted by Gasteiger charge is -2.33. The van der Waals surface area contributed by atoms with Crippen molar-refractivity contribution in [2.75, 3.05) is 26.2 Å². The predicted molar refractivity (Wildman–Crippen MR) is 68.1 cm³/mol. The van der Waals surface area contributed by atoms with Crippen molar-refractivity contribution in [1.29, 1.82) is 0 Å². The van der Waals surface area contributed by atoms with Crippen LogP contribution in [0.4, 0.5) is 0 Å². The summed E-state index contributed by atoms with van der Waals surface area (Å²) in [6.45, 7) is 9.69. The molecule has 1 aromatic heterocycles. The average Bonchev–Trinajstić information content (AvgIpc) is 2.96. The molecule has 2 atom stereocenters. The quantitative estimate of drug-likeness (QED) is 0.874. The van der Waals surface area contributed by atoms with E-state index in [-0.39, 0.29) is 0 Å². The van der Waals surface area contributed by atoms with Gasteiger partial charge in [-0.05, 0) is 37.9 Å². The van der Waals surface area contributed by atoms with Crippen LogP contribution in [-0.2, 0) is 6.54 Å². The molecule has 0 spiro atoms. The number of piperidine rings is 1. The van der Waals surface area contributed by atoms with Crippen LogP contribution in [-0.4, -0.2) is 41.2 Å². The zero-order valence-electron chi connectivity index (χ0n) is 11.2. The third kappa shape index (κ3) is 2.42. The molecule has 0 aliphatic carbocycles. The van der Waals surface area contributed by atoms with E-state index in [2.05, 4.69) is 34.2 Å². The number of hydrogen-bond donors (Lipinski definition) is 1. The maximum atomic E-state index is 5.25. The molecule has 0 saturated carbocycles. The van der Waals surface area contributed by atoms with E-state index in [0.717, 1.165) is 36.6 Å². The van der Waals surface area contributed by atoms with Crippen LogP contribution in [0.2, 0.25) is 0 Å². The molecule has 1 aromatic rings.